The zero-order chi connectivity index (χ0) is 40.7. The first kappa shape index (κ1) is 35.7. The molecule has 288 valence electrons. The van der Waals surface area contributed by atoms with Gasteiger partial charge >= 0.3 is 0 Å². The zero-order valence-electron chi connectivity index (χ0n) is 32.9. The summed E-state index contributed by atoms with van der Waals surface area (Å²) in [6.45, 7) is 0. The molecule has 0 saturated heterocycles. The quantitative estimate of drug-likeness (QED) is 0.125. The van der Waals surface area contributed by atoms with Crippen molar-refractivity contribution in [3.8, 4) is 39.6 Å². The van der Waals surface area contributed by atoms with Gasteiger partial charge in [-0.1, -0.05) is 176 Å². The smallest absolute Gasteiger partial charge is 0.160 e. The van der Waals surface area contributed by atoms with Gasteiger partial charge in [0.15, 0.2) is 17.5 Å². The van der Waals surface area contributed by atoms with E-state index in [0.717, 1.165) is 72.2 Å². The Morgan fingerprint density at radius 1 is 0.459 bits per heavy atom. The van der Waals surface area contributed by atoms with Gasteiger partial charge in [0, 0.05) is 55.0 Å². The van der Waals surface area contributed by atoms with Gasteiger partial charge in [-0.15, -0.1) is 0 Å². The topological polar surface area (TPSA) is 83.9 Å². The monoisotopic (exact) mass is 783 g/mol. The van der Waals surface area contributed by atoms with Crippen molar-refractivity contribution in [2.45, 2.75) is 0 Å². The average molecular weight is 784 g/mol. The van der Waals surface area contributed by atoms with E-state index in [9.17, 15) is 5.41 Å². The van der Waals surface area contributed by atoms with Crippen LogP contribution in [-0.2, 0) is 0 Å². The summed E-state index contributed by atoms with van der Waals surface area (Å²) in [4.78, 5) is 15.0. The minimum atomic E-state index is 0.128. The lowest BCUT2D eigenvalue weighted by Gasteiger charge is -2.15. The minimum Gasteiger partial charge on any atom is -0.309 e. The molecule has 0 spiro atoms. The molecule has 0 aliphatic heterocycles. The Labute approximate surface area is 352 Å². The molecule has 8 aromatic carbocycles. The molecule has 0 aliphatic carbocycles. The van der Waals surface area contributed by atoms with Crippen molar-refractivity contribution in [2.75, 3.05) is 5.43 Å². The van der Waals surface area contributed by atoms with Crippen LogP contribution in [0.2, 0.25) is 0 Å². The highest BCUT2D eigenvalue weighted by Crippen LogP contribution is 2.40. The number of nitrogens with zero attached hydrogens (tertiary/aromatic N) is 5. The van der Waals surface area contributed by atoms with Crippen LogP contribution in [0.15, 0.2) is 217 Å². The molecule has 7 nitrogen and oxygen atoms in total. The number of rotatable bonds is 7. The van der Waals surface area contributed by atoms with Gasteiger partial charge in [-0.25, -0.2) is 15.0 Å². The van der Waals surface area contributed by atoms with E-state index in [2.05, 4.69) is 118 Å². The molecule has 0 unspecified atom stereocenters. The number of hydrogen-bond donors (Lipinski definition) is 2. The second-order valence-electron chi connectivity index (χ2n) is 15.0. The second kappa shape index (κ2) is 15.1. The molecule has 0 bridgehead atoms. The molecule has 3 heterocycles. The van der Waals surface area contributed by atoms with Crippen LogP contribution in [0.4, 0.5) is 0 Å². The van der Waals surface area contributed by atoms with E-state index in [1.807, 2.05) is 109 Å². The average Bonchev–Trinajstić information content (AvgIpc) is 3.85. The van der Waals surface area contributed by atoms with Crippen LogP contribution in [0.5, 0.6) is 0 Å². The van der Waals surface area contributed by atoms with Crippen molar-refractivity contribution in [2.24, 2.45) is 4.99 Å². The SMILES string of the molecule is N=C(/N=C(\Nn1c2ccccc2c2c1ccc1c3ccccc3n(-c3ccccc3)c12)c1ccccc1)c1ccc(-c2cc(-c3ccccc3)nc(-c3ccccc3)n2)cc1. The van der Waals surface area contributed by atoms with Crippen LogP contribution in [0.3, 0.4) is 0 Å². The number of benzene rings is 8. The van der Waals surface area contributed by atoms with Gasteiger partial charge < -0.3 is 4.57 Å². The number of aromatic nitrogens is 4. The van der Waals surface area contributed by atoms with E-state index < -0.39 is 0 Å². The molecule has 0 aliphatic rings. The van der Waals surface area contributed by atoms with Gasteiger partial charge in [0.1, 0.15) is 0 Å². The number of hydrogen-bond acceptors (Lipinski definition) is 3. The Bertz CT molecular complexity index is 3370. The normalized spacial score (nSPS) is 11.8. The van der Waals surface area contributed by atoms with Crippen molar-refractivity contribution in [1.29, 1.82) is 5.41 Å². The second-order valence-corrected chi connectivity index (χ2v) is 15.0. The van der Waals surface area contributed by atoms with E-state index in [1.54, 1.807) is 0 Å². The fourth-order valence-corrected chi connectivity index (χ4v) is 8.37. The first-order chi connectivity index (χ1) is 30.2. The molecule has 61 heavy (non-hydrogen) atoms. The fraction of sp³-hybridized carbons (Fsp3) is 0. The Balaban J connectivity index is 1.01. The highest BCUT2D eigenvalue weighted by Gasteiger charge is 2.21. The van der Waals surface area contributed by atoms with Crippen LogP contribution in [0, 0.1) is 5.41 Å². The van der Waals surface area contributed by atoms with E-state index in [0.29, 0.717) is 17.2 Å². The molecule has 2 N–H and O–H groups in total. The Morgan fingerprint density at radius 3 is 1.70 bits per heavy atom. The molecule has 0 saturated carbocycles. The molecular formula is C54H37N7. The highest BCUT2D eigenvalue weighted by molar-refractivity contribution is 6.26. The fourth-order valence-electron chi connectivity index (χ4n) is 8.37. The summed E-state index contributed by atoms with van der Waals surface area (Å²) in [7, 11) is 0. The summed E-state index contributed by atoms with van der Waals surface area (Å²) >= 11 is 0. The predicted octanol–water partition coefficient (Wildman–Crippen LogP) is 12.7. The van der Waals surface area contributed by atoms with Gasteiger partial charge in [0.05, 0.1) is 33.5 Å². The van der Waals surface area contributed by atoms with Gasteiger partial charge in [0.2, 0.25) is 0 Å². The first-order valence-corrected chi connectivity index (χ1v) is 20.3. The molecule has 11 rings (SSSR count). The number of para-hydroxylation sites is 3. The number of fused-ring (bicyclic) bond motifs is 7. The Morgan fingerprint density at radius 2 is 1.02 bits per heavy atom. The van der Waals surface area contributed by atoms with Crippen LogP contribution in [0.1, 0.15) is 11.1 Å². The van der Waals surface area contributed by atoms with E-state index in [-0.39, 0.29) is 5.84 Å². The highest BCUT2D eigenvalue weighted by atomic mass is 15.4. The van der Waals surface area contributed by atoms with Crippen molar-refractivity contribution in [3.05, 3.63) is 223 Å². The van der Waals surface area contributed by atoms with E-state index >= 15 is 0 Å². The standard InChI is InChI=1S/C54H37N7/c55-52(38-31-29-37(30-32-38)46-35-45(36-17-5-1-6-18-36)56-53(57-46)39-19-7-2-8-20-39)58-54(40-21-9-3-10-22-40)59-61-48-28-16-14-26-44(48)50-49(61)34-33-43-42-25-13-15-27-47(42)60(51(43)50)41-23-11-4-12-24-41/h1-35H,(H2,55,58,59). The largest absolute Gasteiger partial charge is 0.309 e. The predicted molar refractivity (Wildman–Crippen MR) is 251 cm³/mol. The first-order valence-electron chi connectivity index (χ1n) is 20.3. The minimum absolute atomic E-state index is 0.128. The third-order valence-corrected chi connectivity index (χ3v) is 11.3. The van der Waals surface area contributed by atoms with Crippen LogP contribution in [0.25, 0.3) is 83.2 Å². The molecule has 0 atom stereocenters. The van der Waals surface area contributed by atoms with Crippen LogP contribution < -0.4 is 5.43 Å². The number of aliphatic imine (C=N–C) groups is 1. The lowest BCUT2D eigenvalue weighted by Crippen LogP contribution is -2.25. The molecule has 11 aromatic rings. The lowest BCUT2D eigenvalue weighted by molar-refractivity contribution is 1.08. The van der Waals surface area contributed by atoms with Gasteiger partial charge in [-0.05, 0) is 36.4 Å². The van der Waals surface area contributed by atoms with Crippen molar-refractivity contribution in [1.82, 2.24) is 19.2 Å². The van der Waals surface area contributed by atoms with Crippen LogP contribution in [-0.4, -0.2) is 30.9 Å². The maximum absolute atomic E-state index is 9.36. The van der Waals surface area contributed by atoms with Gasteiger partial charge in [-0.2, -0.15) is 0 Å². The van der Waals surface area contributed by atoms with E-state index in [4.69, 9.17) is 15.0 Å². The lowest BCUT2D eigenvalue weighted by atomic mass is 10.0. The summed E-state index contributed by atoms with van der Waals surface area (Å²) in [6, 6.07) is 72.2. The molecule has 0 fully saturated rings. The molecule has 0 amide bonds. The van der Waals surface area contributed by atoms with Crippen LogP contribution >= 0.6 is 0 Å². The number of amidine groups is 2. The van der Waals surface area contributed by atoms with Crippen molar-refractivity contribution in [3.63, 3.8) is 0 Å². The Kier molecular flexibility index (Phi) is 8.82. The molecule has 3 aromatic heterocycles. The Hall–Kier alpha value is -8.42. The maximum Gasteiger partial charge on any atom is 0.160 e. The summed E-state index contributed by atoms with van der Waals surface area (Å²) in [6.07, 6.45) is 0. The van der Waals surface area contributed by atoms with Crippen molar-refractivity contribution < 1.29 is 0 Å². The number of nitrogens with one attached hydrogen (secondary N) is 2. The summed E-state index contributed by atoms with van der Waals surface area (Å²) in [5.41, 5.74) is 15.2. The maximum atomic E-state index is 9.36. The van der Waals surface area contributed by atoms with E-state index in [1.165, 1.54) is 10.8 Å². The van der Waals surface area contributed by atoms with Gasteiger partial charge in [0.25, 0.3) is 0 Å². The van der Waals surface area contributed by atoms with Gasteiger partial charge in [-0.3, -0.25) is 15.5 Å². The third kappa shape index (κ3) is 6.42. The summed E-state index contributed by atoms with van der Waals surface area (Å²) in [5, 5.41) is 14.0. The zero-order valence-corrected chi connectivity index (χ0v) is 32.9. The summed E-state index contributed by atoms with van der Waals surface area (Å²) < 4.78 is 4.49. The summed E-state index contributed by atoms with van der Waals surface area (Å²) in [5.74, 6) is 1.34. The third-order valence-electron chi connectivity index (χ3n) is 11.3. The molecule has 7 heteroatoms. The van der Waals surface area contributed by atoms with Crippen molar-refractivity contribution >= 4 is 55.3 Å². The molecular weight excluding hydrogens is 747 g/mol. The molecule has 0 radical (unpaired) electrons.